The second kappa shape index (κ2) is 4.97. The van der Waals surface area contributed by atoms with Crippen molar-refractivity contribution >= 4 is 5.91 Å². The topological polar surface area (TPSA) is 32.3 Å². The molecule has 0 spiro atoms. The Hall–Kier alpha value is -0.570. The predicted molar refractivity (Wildman–Crippen MR) is 62.7 cm³/mol. The number of hydrogen-bond acceptors (Lipinski definition) is 2. The Labute approximate surface area is 93.2 Å². The molecule has 2 unspecified atom stereocenters. The summed E-state index contributed by atoms with van der Waals surface area (Å²) in [5, 5.41) is 3.27. The summed E-state index contributed by atoms with van der Waals surface area (Å²) in [6.45, 7) is 8.17. The maximum absolute atomic E-state index is 12.3. The van der Waals surface area contributed by atoms with Crippen molar-refractivity contribution in [3.8, 4) is 0 Å². The molecule has 88 valence electrons. The number of rotatable bonds is 4. The molecule has 2 atom stereocenters. The van der Waals surface area contributed by atoms with Gasteiger partial charge >= 0.3 is 0 Å². The van der Waals surface area contributed by atoms with Crippen molar-refractivity contribution in [1.82, 2.24) is 10.2 Å². The Balaban J connectivity index is 2.58. The van der Waals surface area contributed by atoms with Crippen LogP contribution in [0.5, 0.6) is 0 Å². The van der Waals surface area contributed by atoms with Crippen molar-refractivity contribution in [1.29, 1.82) is 0 Å². The van der Waals surface area contributed by atoms with Crippen LogP contribution < -0.4 is 5.32 Å². The van der Waals surface area contributed by atoms with E-state index >= 15 is 0 Å². The largest absolute Gasteiger partial charge is 0.343 e. The third kappa shape index (κ3) is 2.71. The van der Waals surface area contributed by atoms with Crippen LogP contribution in [-0.2, 0) is 4.79 Å². The fourth-order valence-corrected chi connectivity index (χ4v) is 2.24. The first kappa shape index (κ1) is 12.5. The van der Waals surface area contributed by atoms with Gasteiger partial charge < -0.3 is 10.2 Å². The fraction of sp³-hybridized carbons (Fsp3) is 0.917. The van der Waals surface area contributed by atoms with Crippen LogP contribution in [0.2, 0.25) is 0 Å². The molecule has 3 heteroatoms. The molecule has 0 aliphatic carbocycles. The third-order valence-corrected chi connectivity index (χ3v) is 3.57. The molecule has 0 radical (unpaired) electrons. The van der Waals surface area contributed by atoms with Gasteiger partial charge in [-0.15, -0.1) is 0 Å². The molecule has 0 aromatic carbocycles. The monoisotopic (exact) mass is 212 g/mol. The van der Waals surface area contributed by atoms with Crippen LogP contribution in [-0.4, -0.2) is 37.0 Å². The highest BCUT2D eigenvalue weighted by Gasteiger charge is 2.38. The Morgan fingerprint density at radius 2 is 2.27 bits per heavy atom. The zero-order valence-electron chi connectivity index (χ0n) is 10.5. The van der Waals surface area contributed by atoms with Crippen molar-refractivity contribution in [2.24, 2.45) is 5.41 Å². The van der Waals surface area contributed by atoms with E-state index in [9.17, 15) is 4.79 Å². The van der Waals surface area contributed by atoms with Crippen LogP contribution in [0.25, 0.3) is 0 Å². The molecule has 0 aromatic rings. The summed E-state index contributed by atoms with van der Waals surface area (Å²) >= 11 is 0. The van der Waals surface area contributed by atoms with E-state index in [1.165, 1.54) is 0 Å². The Morgan fingerprint density at radius 1 is 1.60 bits per heavy atom. The quantitative estimate of drug-likeness (QED) is 0.768. The van der Waals surface area contributed by atoms with Crippen LogP contribution in [0.1, 0.15) is 40.0 Å². The number of hydrogen-bond donors (Lipinski definition) is 1. The van der Waals surface area contributed by atoms with Crippen LogP contribution in [0, 0.1) is 5.41 Å². The van der Waals surface area contributed by atoms with Crippen molar-refractivity contribution in [2.45, 2.75) is 46.1 Å². The maximum atomic E-state index is 12.3. The van der Waals surface area contributed by atoms with E-state index in [4.69, 9.17) is 0 Å². The van der Waals surface area contributed by atoms with E-state index in [1.807, 2.05) is 11.9 Å². The summed E-state index contributed by atoms with van der Waals surface area (Å²) in [6, 6.07) is 0.361. The Bertz CT molecular complexity index is 222. The first-order valence-electron chi connectivity index (χ1n) is 5.99. The molecule has 1 rings (SSSR count). The molecule has 1 saturated heterocycles. The number of amides is 1. The average Bonchev–Trinajstić information content (AvgIpc) is 2.64. The van der Waals surface area contributed by atoms with Gasteiger partial charge in [0.05, 0.1) is 5.41 Å². The van der Waals surface area contributed by atoms with Gasteiger partial charge in [-0.05, 0) is 33.2 Å². The minimum Gasteiger partial charge on any atom is -0.343 e. The zero-order valence-corrected chi connectivity index (χ0v) is 10.5. The smallest absolute Gasteiger partial charge is 0.229 e. The van der Waals surface area contributed by atoms with Gasteiger partial charge in [-0.25, -0.2) is 0 Å². The zero-order chi connectivity index (χ0) is 11.5. The van der Waals surface area contributed by atoms with E-state index in [-0.39, 0.29) is 5.41 Å². The lowest BCUT2D eigenvalue weighted by Crippen LogP contribution is -2.45. The second-order valence-corrected chi connectivity index (χ2v) is 5.04. The minimum absolute atomic E-state index is 0.170. The van der Waals surface area contributed by atoms with Gasteiger partial charge in [0.2, 0.25) is 5.91 Å². The van der Waals surface area contributed by atoms with E-state index in [1.54, 1.807) is 0 Å². The molecule has 1 heterocycles. The van der Waals surface area contributed by atoms with Crippen LogP contribution >= 0.6 is 0 Å². The average molecular weight is 212 g/mol. The molecular weight excluding hydrogens is 188 g/mol. The van der Waals surface area contributed by atoms with Crippen molar-refractivity contribution < 1.29 is 4.79 Å². The highest BCUT2D eigenvalue weighted by atomic mass is 16.2. The number of carbonyl (C=O) groups is 1. The van der Waals surface area contributed by atoms with Gasteiger partial charge in [0.15, 0.2) is 0 Å². The highest BCUT2D eigenvalue weighted by Crippen LogP contribution is 2.27. The van der Waals surface area contributed by atoms with E-state index in [2.05, 4.69) is 26.1 Å². The highest BCUT2D eigenvalue weighted by molar-refractivity contribution is 5.83. The SMILES string of the molecule is CCCC(C)N(C)C(=O)C1(C)CCNC1. The fourth-order valence-electron chi connectivity index (χ4n) is 2.24. The van der Waals surface area contributed by atoms with Gasteiger partial charge in [-0.3, -0.25) is 4.79 Å². The standard InChI is InChI=1S/C12H24N2O/c1-5-6-10(2)14(4)11(15)12(3)7-8-13-9-12/h10,13H,5-9H2,1-4H3. The lowest BCUT2D eigenvalue weighted by Gasteiger charge is -2.32. The molecule has 15 heavy (non-hydrogen) atoms. The first-order valence-corrected chi connectivity index (χ1v) is 5.99. The minimum atomic E-state index is -0.170. The molecule has 1 aliphatic heterocycles. The summed E-state index contributed by atoms with van der Waals surface area (Å²) in [4.78, 5) is 14.2. The van der Waals surface area contributed by atoms with Gasteiger partial charge in [-0.2, -0.15) is 0 Å². The van der Waals surface area contributed by atoms with E-state index < -0.39 is 0 Å². The summed E-state index contributed by atoms with van der Waals surface area (Å²) in [7, 11) is 1.94. The molecule has 1 N–H and O–H groups in total. The predicted octanol–water partition coefficient (Wildman–Crippen LogP) is 1.63. The Morgan fingerprint density at radius 3 is 2.73 bits per heavy atom. The second-order valence-electron chi connectivity index (χ2n) is 5.04. The van der Waals surface area contributed by atoms with Crippen LogP contribution in [0.15, 0.2) is 0 Å². The van der Waals surface area contributed by atoms with Crippen LogP contribution in [0.4, 0.5) is 0 Å². The molecule has 1 aliphatic rings. The van der Waals surface area contributed by atoms with Crippen LogP contribution in [0.3, 0.4) is 0 Å². The first-order chi connectivity index (χ1) is 7.01. The van der Waals surface area contributed by atoms with Crippen molar-refractivity contribution in [2.75, 3.05) is 20.1 Å². The molecule has 0 bridgehead atoms. The molecule has 0 aromatic heterocycles. The molecule has 1 fully saturated rings. The summed E-state index contributed by atoms with van der Waals surface area (Å²) in [6.07, 6.45) is 3.19. The number of nitrogens with one attached hydrogen (secondary N) is 1. The van der Waals surface area contributed by atoms with Gasteiger partial charge in [0.1, 0.15) is 0 Å². The van der Waals surface area contributed by atoms with Crippen molar-refractivity contribution in [3.63, 3.8) is 0 Å². The van der Waals surface area contributed by atoms with E-state index in [0.29, 0.717) is 11.9 Å². The molecular formula is C12H24N2O. The van der Waals surface area contributed by atoms with Crippen molar-refractivity contribution in [3.05, 3.63) is 0 Å². The lowest BCUT2D eigenvalue weighted by atomic mass is 9.87. The van der Waals surface area contributed by atoms with Gasteiger partial charge in [0, 0.05) is 19.6 Å². The number of nitrogens with zero attached hydrogens (tertiary/aromatic N) is 1. The van der Waals surface area contributed by atoms with Gasteiger partial charge in [-0.1, -0.05) is 13.3 Å². The number of carbonyl (C=O) groups excluding carboxylic acids is 1. The maximum Gasteiger partial charge on any atom is 0.229 e. The lowest BCUT2D eigenvalue weighted by molar-refractivity contribution is -0.140. The van der Waals surface area contributed by atoms with Gasteiger partial charge in [0.25, 0.3) is 0 Å². The summed E-state index contributed by atoms with van der Waals surface area (Å²) < 4.78 is 0. The molecule has 3 nitrogen and oxygen atoms in total. The molecule has 1 amide bonds. The third-order valence-electron chi connectivity index (χ3n) is 3.57. The van der Waals surface area contributed by atoms with E-state index in [0.717, 1.165) is 32.4 Å². The Kier molecular flexibility index (Phi) is 4.14. The summed E-state index contributed by atoms with van der Waals surface area (Å²) in [5.74, 6) is 0.299. The summed E-state index contributed by atoms with van der Waals surface area (Å²) in [5.41, 5.74) is -0.170. The normalized spacial score (nSPS) is 27.7. The molecule has 0 saturated carbocycles.